The summed E-state index contributed by atoms with van der Waals surface area (Å²) in [6.45, 7) is 1.27. The summed E-state index contributed by atoms with van der Waals surface area (Å²) in [5.41, 5.74) is 1.98. The van der Waals surface area contributed by atoms with Crippen LogP contribution < -0.4 is 10.1 Å². The Hall–Kier alpha value is -3.17. The molecule has 0 aliphatic carbocycles. The molecule has 4 rings (SSSR count). The number of sulfonamides is 1. The number of benzene rings is 2. The molecular weight excluding hydrogens is 416 g/mol. The maximum atomic E-state index is 13.0. The minimum Gasteiger partial charge on any atom is -0.496 e. The van der Waals surface area contributed by atoms with Crippen molar-refractivity contribution in [1.29, 1.82) is 0 Å². The second kappa shape index (κ2) is 8.91. The van der Waals surface area contributed by atoms with E-state index >= 15 is 0 Å². The Morgan fingerprint density at radius 2 is 1.94 bits per heavy atom. The van der Waals surface area contributed by atoms with Crippen molar-refractivity contribution in [2.45, 2.75) is 24.3 Å². The second-order valence-electron chi connectivity index (χ2n) is 7.25. The molecule has 1 N–H and O–H groups in total. The van der Waals surface area contributed by atoms with Crippen molar-refractivity contribution in [2.24, 2.45) is 0 Å². The van der Waals surface area contributed by atoms with E-state index in [-0.39, 0.29) is 17.0 Å². The first-order chi connectivity index (χ1) is 15.0. The Kier molecular flexibility index (Phi) is 6.06. The predicted octanol–water partition coefficient (Wildman–Crippen LogP) is 2.60. The molecule has 2 heterocycles. The van der Waals surface area contributed by atoms with Gasteiger partial charge in [0, 0.05) is 32.0 Å². The van der Waals surface area contributed by atoms with E-state index in [1.54, 1.807) is 12.5 Å². The molecule has 0 unspecified atom stereocenters. The van der Waals surface area contributed by atoms with Crippen LogP contribution in [0.3, 0.4) is 0 Å². The number of imidazole rings is 1. The number of carbonyl (C=O) groups excluding carboxylic acids is 1. The fourth-order valence-corrected chi connectivity index (χ4v) is 5.23. The maximum absolute atomic E-state index is 13.0. The van der Waals surface area contributed by atoms with Gasteiger partial charge in [0.05, 0.1) is 29.6 Å². The fraction of sp³-hybridized carbons (Fsp3) is 0.273. The number of rotatable bonds is 7. The van der Waals surface area contributed by atoms with Gasteiger partial charge in [0.2, 0.25) is 10.0 Å². The third-order valence-electron chi connectivity index (χ3n) is 5.33. The molecule has 1 fully saturated rings. The minimum atomic E-state index is -3.64. The minimum absolute atomic E-state index is 0.0964. The molecule has 31 heavy (non-hydrogen) atoms. The van der Waals surface area contributed by atoms with E-state index in [9.17, 15) is 13.2 Å². The van der Waals surface area contributed by atoms with Gasteiger partial charge in [-0.05, 0) is 42.7 Å². The zero-order valence-electron chi connectivity index (χ0n) is 17.2. The topological polar surface area (TPSA) is 93.5 Å². The molecule has 1 aliphatic heterocycles. The van der Waals surface area contributed by atoms with Crippen LogP contribution in [0.2, 0.25) is 0 Å². The van der Waals surface area contributed by atoms with Crippen molar-refractivity contribution in [1.82, 2.24) is 19.2 Å². The summed E-state index contributed by atoms with van der Waals surface area (Å²) in [5, 5.41) is 2.88. The van der Waals surface area contributed by atoms with Crippen molar-refractivity contribution in [2.75, 3.05) is 20.2 Å². The highest BCUT2D eigenvalue weighted by Crippen LogP contribution is 2.26. The van der Waals surface area contributed by atoms with Crippen LogP contribution in [0.25, 0.3) is 5.69 Å². The molecule has 0 spiro atoms. The van der Waals surface area contributed by atoms with Gasteiger partial charge in [0.15, 0.2) is 0 Å². The van der Waals surface area contributed by atoms with E-state index < -0.39 is 15.9 Å². The highest BCUT2D eigenvalue weighted by atomic mass is 32.2. The van der Waals surface area contributed by atoms with E-state index in [0.29, 0.717) is 18.8 Å². The van der Waals surface area contributed by atoms with Gasteiger partial charge in [0.1, 0.15) is 5.75 Å². The maximum Gasteiger partial charge on any atom is 0.255 e. The molecule has 1 amide bonds. The van der Waals surface area contributed by atoms with Crippen LogP contribution in [0.4, 0.5) is 0 Å². The summed E-state index contributed by atoms with van der Waals surface area (Å²) in [7, 11) is -2.18. The van der Waals surface area contributed by atoms with Gasteiger partial charge in [-0.15, -0.1) is 0 Å². The third-order valence-corrected chi connectivity index (χ3v) is 7.23. The summed E-state index contributed by atoms with van der Waals surface area (Å²) < 4.78 is 34.5. The van der Waals surface area contributed by atoms with Crippen LogP contribution in [0.1, 0.15) is 28.8 Å². The Bertz CT molecular complexity index is 1170. The number of methoxy groups -OCH3 is 1. The van der Waals surface area contributed by atoms with Crippen LogP contribution in [0.5, 0.6) is 5.75 Å². The summed E-state index contributed by atoms with van der Waals surface area (Å²) in [4.78, 5) is 17.1. The van der Waals surface area contributed by atoms with Crippen molar-refractivity contribution in [3.63, 3.8) is 0 Å². The second-order valence-corrected chi connectivity index (χ2v) is 9.19. The number of ether oxygens (including phenoxy) is 1. The molecule has 1 aromatic heterocycles. The zero-order chi connectivity index (χ0) is 21.8. The number of aromatic nitrogens is 2. The molecule has 8 nitrogen and oxygen atoms in total. The lowest BCUT2D eigenvalue weighted by atomic mass is 10.1. The summed E-state index contributed by atoms with van der Waals surface area (Å²) in [5.74, 6) is -0.0866. The first kappa shape index (κ1) is 21.1. The van der Waals surface area contributed by atoms with Crippen LogP contribution in [0, 0.1) is 0 Å². The number of para-hydroxylation sites is 1. The highest BCUT2D eigenvalue weighted by Gasteiger charge is 2.28. The van der Waals surface area contributed by atoms with E-state index in [2.05, 4.69) is 10.3 Å². The third kappa shape index (κ3) is 4.33. The average Bonchev–Trinajstić information content (AvgIpc) is 3.52. The standard InChI is InChI=1S/C22H24N4O4S/c1-30-21-9-8-18(31(28,29)26-11-4-5-12-26)14-19(21)22(27)24-15-17-6-2-3-7-20(17)25-13-10-23-16-25/h2-3,6-10,13-14,16H,4-5,11-12,15H2,1H3,(H,24,27). The van der Waals surface area contributed by atoms with E-state index in [0.717, 1.165) is 24.1 Å². The number of amides is 1. The molecule has 0 saturated carbocycles. The van der Waals surface area contributed by atoms with Gasteiger partial charge >= 0.3 is 0 Å². The Morgan fingerprint density at radius 1 is 1.16 bits per heavy atom. The summed E-state index contributed by atoms with van der Waals surface area (Å²) in [6.07, 6.45) is 6.90. The summed E-state index contributed by atoms with van der Waals surface area (Å²) >= 11 is 0. The predicted molar refractivity (Wildman–Crippen MR) is 116 cm³/mol. The quantitative estimate of drug-likeness (QED) is 0.610. The lowest BCUT2D eigenvalue weighted by Gasteiger charge is -2.17. The van der Waals surface area contributed by atoms with Crippen molar-refractivity contribution in [3.05, 3.63) is 72.3 Å². The van der Waals surface area contributed by atoms with Gasteiger partial charge in [-0.3, -0.25) is 4.79 Å². The SMILES string of the molecule is COc1ccc(S(=O)(=O)N2CCCC2)cc1C(=O)NCc1ccccc1-n1ccnc1. The molecular formula is C22H24N4O4S. The number of nitrogens with zero attached hydrogens (tertiary/aromatic N) is 3. The normalized spacial score (nSPS) is 14.5. The van der Waals surface area contributed by atoms with Gasteiger partial charge in [-0.2, -0.15) is 4.31 Å². The molecule has 0 bridgehead atoms. The molecule has 1 aliphatic rings. The lowest BCUT2D eigenvalue weighted by Crippen LogP contribution is -2.29. The first-order valence-corrected chi connectivity index (χ1v) is 11.5. The van der Waals surface area contributed by atoms with Gasteiger partial charge < -0.3 is 14.6 Å². The zero-order valence-corrected chi connectivity index (χ0v) is 18.0. The Labute approximate surface area is 181 Å². The molecule has 9 heteroatoms. The van der Waals surface area contributed by atoms with Crippen LogP contribution >= 0.6 is 0 Å². The molecule has 0 atom stereocenters. The van der Waals surface area contributed by atoms with Crippen LogP contribution in [-0.4, -0.2) is 48.4 Å². The summed E-state index contributed by atoms with van der Waals surface area (Å²) in [6, 6.07) is 12.1. The van der Waals surface area contributed by atoms with Crippen molar-refractivity contribution in [3.8, 4) is 11.4 Å². The number of hydrogen-bond donors (Lipinski definition) is 1. The average molecular weight is 441 g/mol. The number of carbonyl (C=O) groups is 1. The van der Waals surface area contributed by atoms with Crippen LogP contribution in [-0.2, 0) is 16.6 Å². The van der Waals surface area contributed by atoms with Crippen LogP contribution in [0.15, 0.2) is 66.1 Å². The fourth-order valence-electron chi connectivity index (χ4n) is 3.69. The van der Waals surface area contributed by atoms with Crippen molar-refractivity contribution >= 4 is 15.9 Å². The molecule has 3 aromatic rings. The van der Waals surface area contributed by atoms with Gasteiger partial charge in [-0.1, -0.05) is 18.2 Å². The molecule has 162 valence electrons. The van der Waals surface area contributed by atoms with Gasteiger partial charge in [-0.25, -0.2) is 13.4 Å². The first-order valence-electron chi connectivity index (χ1n) is 10.0. The number of hydrogen-bond acceptors (Lipinski definition) is 5. The lowest BCUT2D eigenvalue weighted by molar-refractivity contribution is 0.0947. The monoisotopic (exact) mass is 440 g/mol. The smallest absolute Gasteiger partial charge is 0.255 e. The molecule has 1 saturated heterocycles. The van der Waals surface area contributed by atoms with E-state index in [1.165, 1.54) is 29.6 Å². The van der Waals surface area contributed by atoms with Gasteiger partial charge in [0.25, 0.3) is 5.91 Å². The Morgan fingerprint density at radius 3 is 2.65 bits per heavy atom. The largest absolute Gasteiger partial charge is 0.496 e. The Balaban J connectivity index is 1.58. The highest BCUT2D eigenvalue weighted by molar-refractivity contribution is 7.89. The van der Waals surface area contributed by atoms with Crippen molar-refractivity contribution < 1.29 is 17.9 Å². The van der Waals surface area contributed by atoms with E-state index in [1.807, 2.05) is 35.0 Å². The number of nitrogens with one attached hydrogen (secondary N) is 1. The van der Waals surface area contributed by atoms with E-state index in [4.69, 9.17) is 4.74 Å². The molecule has 2 aromatic carbocycles. The molecule has 0 radical (unpaired) electrons.